The number of anilines is 1. The Labute approximate surface area is 142 Å². The van der Waals surface area contributed by atoms with E-state index in [0.29, 0.717) is 11.3 Å². The highest BCUT2D eigenvalue weighted by Crippen LogP contribution is 2.14. The molecular formula is C17H25N3O4. The minimum atomic E-state index is -0.836. The summed E-state index contributed by atoms with van der Waals surface area (Å²) in [7, 11) is 0. The summed E-state index contributed by atoms with van der Waals surface area (Å²) >= 11 is 0. The highest BCUT2D eigenvalue weighted by Gasteiger charge is 2.21. The molecule has 1 aromatic carbocycles. The number of carbonyl (C=O) groups excluding carboxylic acids is 2. The number of nitrogen functional groups attached to an aromatic ring is 1. The van der Waals surface area contributed by atoms with E-state index in [1.807, 2.05) is 0 Å². The predicted octanol–water partition coefficient (Wildman–Crippen LogP) is 3.48. The topological polar surface area (TPSA) is 103 Å². The molecule has 0 saturated carbocycles. The van der Waals surface area contributed by atoms with Crippen LogP contribution in [0.15, 0.2) is 29.3 Å². The Morgan fingerprint density at radius 1 is 1.00 bits per heavy atom. The number of amides is 2. The number of rotatable bonds is 1. The third kappa shape index (κ3) is 7.13. The fourth-order valence-electron chi connectivity index (χ4n) is 1.64. The Morgan fingerprint density at radius 3 is 2.04 bits per heavy atom. The zero-order chi connectivity index (χ0) is 18.5. The molecule has 7 nitrogen and oxygen atoms in total. The summed E-state index contributed by atoms with van der Waals surface area (Å²) in [4.78, 5) is 27.8. The van der Waals surface area contributed by atoms with Crippen LogP contribution in [0.25, 0.3) is 0 Å². The molecule has 3 N–H and O–H groups in total. The van der Waals surface area contributed by atoms with Gasteiger partial charge in [0, 0.05) is 11.3 Å². The Morgan fingerprint density at radius 2 is 1.54 bits per heavy atom. The molecule has 0 heterocycles. The summed E-state index contributed by atoms with van der Waals surface area (Å²) < 4.78 is 10.3. The number of aliphatic imine (C=N–C) groups is 1. The number of benzene rings is 1. The first-order chi connectivity index (χ1) is 10.9. The molecule has 0 fully saturated rings. The highest BCUT2D eigenvalue weighted by molar-refractivity contribution is 6.12. The maximum absolute atomic E-state index is 12.0. The minimum absolute atomic E-state index is 0.0309. The van der Waals surface area contributed by atoms with Crippen molar-refractivity contribution in [2.24, 2.45) is 4.99 Å². The number of nitrogens with two attached hydrogens (primary N) is 1. The first-order valence-electron chi connectivity index (χ1n) is 7.54. The normalized spacial score (nSPS) is 12.5. The minimum Gasteiger partial charge on any atom is -0.444 e. The van der Waals surface area contributed by atoms with Gasteiger partial charge in [-0.15, -0.1) is 0 Å². The van der Waals surface area contributed by atoms with E-state index in [4.69, 9.17) is 15.2 Å². The standard InChI is InChI=1S/C17H25N3O4/c1-16(2,3)23-14(21)19-13(11-9-7-8-10-12(11)18)20-15(22)24-17(4,5)6/h7-10H,18H2,1-6H3,(H,19,20,21,22). The second kappa shape index (κ2) is 7.33. The van der Waals surface area contributed by atoms with Gasteiger partial charge < -0.3 is 15.2 Å². The Kier molecular flexibility index (Phi) is 5.95. The van der Waals surface area contributed by atoms with Gasteiger partial charge in [0.15, 0.2) is 5.84 Å². The molecule has 0 atom stereocenters. The molecule has 1 aromatic rings. The number of hydrogen-bond acceptors (Lipinski definition) is 5. The number of nitrogens with zero attached hydrogens (tertiary/aromatic N) is 1. The van der Waals surface area contributed by atoms with E-state index < -0.39 is 23.4 Å². The lowest BCUT2D eigenvalue weighted by atomic mass is 10.1. The van der Waals surface area contributed by atoms with E-state index in [1.165, 1.54) is 0 Å². The Bertz CT molecular complexity index is 640. The van der Waals surface area contributed by atoms with E-state index in [2.05, 4.69) is 10.3 Å². The van der Waals surface area contributed by atoms with Crippen molar-refractivity contribution >= 4 is 23.7 Å². The lowest BCUT2D eigenvalue weighted by Gasteiger charge is -2.21. The maximum atomic E-state index is 12.0. The fraction of sp³-hybridized carbons (Fsp3) is 0.471. The van der Waals surface area contributed by atoms with Gasteiger partial charge in [0.2, 0.25) is 0 Å². The van der Waals surface area contributed by atoms with E-state index >= 15 is 0 Å². The summed E-state index contributed by atoms with van der Waals surface area (Å²) in [5, 5.41) is 2.46. The molecule has 0 aliphatic carbocycles. The third-order valence-electron chi connectivity index (χ3n) is 2.43. The average molecular weight is 335 g/mol. The van der Waals surface area contributed by atoms with Crippen molar-refractivity contribution in [2.45, 2.75) is 52.7 Å². The number of para-hydroxylation sites is 1. The van der Waals surface area contributed by atoms with E-state index in [1.54, 1.807) is 65.8 Å². The van der Waals surface area contributed by atoms with Gasteiger partial charge in [0.25, 0.3) is 0 Å². The zero-order valence-corrected chi connectivity index (χ0v) is 15.0. The van der Waals surface area contributed by atoms with Crippen molar-refractivity contribution in [3.05, 3.63) is 29.8 Å². The van der Waals surface area contributed by atoms with Crippen LogP contribution in [0.1, 0.15) is 47.1 Å². The van der Waals surface area contributed by atoms with Crippen LogP contribution in [0.3, 0.4) is 0 Å². The van der Waals surface area contributed by atoms with E-state index in [0.717, 1.165) is 0 Å². The van der Waals surface area contributed by atoms with Crippen molar-refractivity contribution in [3.63, 3.8) is 0 Å². The van der Waals surface area contributed by atoms with Crippen molar-refractivity contribution in [3.8, 4) is 0 Å². The van der Waals surface area contributed by atoms with Crippen LogP contribution in [0.5, 0.6) is 0 Å². The van der Waals surface area contributed by atoms with Crippen LogP contribution in [0.2, 0.25) is 0 Å². The van der Waals surface area contributed by atoms with Crippen LogP contribution < -0.4 is 11.1 Å². The van der Waals surface area contributed by atoms with Crippen molar-refractivity contribution in [1.82, 2.24) is 5.32 Å². The lowest BCUT2D eigenvalue weighted by Crippen LogP contribution is -2.38. The van der Waals surface area contributed by atoms with Gasteiger partial charge in [0.1, 0.15) is 11.2 Å². The summed E-state index contributed by atoms with van der Waals surface area (Å²) in [6.45, 7) is 10.4. The van der Waals surface area contributed by atoms with Gasteiger partial charge >= 0.3 is 12.2 Å². The van der Waals surface area contributed by atoms with E-state index in [9.17, 15) is 9.59 Å². The van der Waals surface area contributed by atoms with Crippen molar-refractivity contribution in [2.75, 3.05) is 5.73 Å². The number of amidine groups is 1. The Hall–Kier alpha value is -2.57. The van der Waals surface area contributed by atoms with Crippen LogP contribution in [0.4, 0.5) is 15.3 Å². The molecule has 2 amide bonds. The molecule has 0 radical (unpaired) electrons. The molecule has 1 rings (SSSR count). The van der Waals surface area contributed by atoms with Gasteiger partial charge in [-0.2, -0.15) is 4.99 Å². The molecule has 0 aliphatic heterocycles. The largest absolute Gasteiger partial charge is 0.444 e. The van der Waals surface area contributed by atoms with Crippen molar-refractivity contribution in [1.29, 1.82) is 0 Å². The maximum Gasteiger partial charge on any atom is 0.436 e. The molecule has 0 aliphatic rings. The number of ether oxygens (including phenoxy) is 2. The number of carbonyl (C=O) groups is 2. The molecule has 0 unspecified atom stereocenters. The van der Waals surface area contributed by atoms with Crippen LogP contribution >= 0.6 is 0 Å². The van der Waals surface area contributed by atoms with Gasteiger partial charge in [-0.05, 0) is 53.7 Å². The third-order valence-corrected chi connectivity index (χ3v) is 2.43. The number of hydrogen-bond donors (Lipinski definition) is 2. The first-order valence-corrected chi connectivity index (χ1v) is 7.54. The molecule has 0 saturated heterocycles. The SMILES string of the molecule is CC(C)(C)OC(=O)/N=C(\NC(=O)OC(C)(C)C)c1ccccc1N. The van der Waals surface area contributed by atoms with Gasteiger partial charge in [-0.1, -0.05) is 12.1 Å². The smallest absolute Gasteiger partial charge is 0.436 e. The molecule has 24 heavy (non-hydrogen) atoms. The molecular weight excluding hydrogens is 310 g/mol. The summed E-state index contributed by atoms with van der Waals surface area (Å²) in [6, 6.07) is 6.72. The zero-order valence-electron chi connectivity index (χ0n) is 15.0. The fourth-order valence-corrected chi connectivity index (χ4v) is 1.64. The van der Waals surface area contributed by atoms with Crippen LogP contribution in [-0.2, 0) is 9.47 Å². The molecule has 7 heteroatoms. The van der Waals surface area contributed by atoms with Crippen LogP contribution in [-0.4, -0.2) is 29.2 Å². The molecule has 0 spiro atoms. The van der Waals surface area contributed by atoms with Crippen molar-refractivity contribution < 1.29 is 19.1 Å². The van der Waals surface area contributed by atoms with Gasteiger partial charge in [-0.3, -0.25) is 5.32 Å². The summed E-state index contributed by atoms with van der Waals surface area (Å²) in [5.41, 5.74) is 5.26. The Balaban J connectivity index is 3.11. The second-order valence-corrected chi connectivity index (χ2v) is 7.15. The summed E-state index contributed by atoms with van der Waals surface area (Å²) in [6.07, 6.45) is -1.58. The van der Waals surface area contributed by atoms with E-state index in [-0.39, 0.29) is 5.84 Å². The monoisotopic (exact) mass is 335 g/mol. The predicted molar refractivity (Wildman–Crippen MR) is 93.0 cm³/mol. The van der Waals surface area contributed by atoms with Gasteiger partial charge in [0.05, 0.1) is 0 Å². The van der Waals surface area contributed by atoms with Gasteiger partial charge in [-0.25, -0.2) is 9.59 Å². The average Bonchev–Trinajstić information content (AvgIpc) is 2.33. The number of alkyl carbamates (subject to hydrolysis) is 1. The van der Waals surface area contributed by atoms with Crippen LogP contribution in [0, 0.1) is 0 Å². The number of nitrogens with one attached hydrogen (secondary N) is 1. The first kappa shape index (κ1) is 19.5. The molecule has 0 bridgehead atoms. The molecule has 132 valence electrons. The molecule has 0 aromatic heterocycles. The lowest BCUT2D eigenvalue weighted by molar-refractivity contribution is 0.0563. The second-order valence-electron chi connectivity index (χ2n) is 7.15. The highest BCUT2D eigenvalue weighted by atomic mass is 16.6. The summed E-state index contributed by atoms with van der Waals surface area (Å²) in [5.74, 6) is -0.0309. The quantitative estimate of drug-likeness (QED) is 0.464.